The number of ether oxygens (including phenoxy) is 3. The standard InChI is InChI=1S/C13H12F2O4/c1-8(2)13(16)19-10-5-4-9(17-3)6-11(10)18-7-12(14)15/h4-7H,1H2,2-3H3. The van der Waals surface area contributed by atoms with Gasteiger partial charge in [0.25, 0.3) is 0 Å². The van der Waals surface area contributed by atoms with Gasteiger partial charge in [-0.15, -0.1) is 0 Å². The Hall–Kier alpha value is -2.37. The number of esters is 1. The van der Waals surface area contributed by atoms with Crippen molar-refractivity contribution in [2.75, 3.05) is 7.11 Å². The fourth-order valence-corrected chi connectivity index (χ4v) is 1.09. The summed E-state index contributed by atoms with van der Waals surface area (Å²) in [6.45, 7) is 4.88. The molecule has 0 saturated heterocycles. The van der Waals surface area contributed by atoms with E-state index in [1.807, 2.05) is 0 Å². The second-order valence-electron chi connectivity index (χ2n) is 3.51. The summed E-state index contributed by atoms with van der Waals surface area (Å²) in [7, 11) is 1.41. The van der Waals surface area contributed by atoms with E-state index in [9.17, 15) is 13.6 Å². The average Bonchev–Trinajstić information content (AvgIpc) is 2.37. The van der Waals surface area contributed by atoms with Crippen LogP contribution in [0.5, 0.6) is 17.2 Å². The summed E-state index contributed by atoms with van der Waals surface area (Å²) >= 11 is 0. The number of carbonyl (C=O) groups is 1. The van der Waals surface area contributed by atoms with Crippen molar-refractivity contribution in [2.24, 2.45) is 0 Å². The van der Waals surface area contributed by atoms with Crippen molar-refractivity contribution < 1.29 is 27.8 Å². The van der Waals surface area contributed by atoms with E-state index in [-0.39, 0.29) is 23.3 Å². The van der Waals surface area contributed by atoms with Gasteiger partial charge in [0, 0.05) is 11.6 Å². The number of hydrogen-bond donors (Lipinski definition) is 0. The summed E-state index contributed by atoms with van der Waals surface area (Å²) in [6.07, 6.45) is -1.77. The van der Waals surface area contributed by atoms with Gasteiger partial charge in [-0.2, -0.15) is 8.78 Å². The molecule has 0 unspecified atom stereocenters. The maximum atomic E-state index is 12.0. The van der Waals surface area contributed by atoms with Crippen molar-refractivity contribution >= 4 is 5.97 Å². The van der Waals surface area contributed by atoms with Crippen molar-refractivity contribution in [3.05, 3.63) is 42.7 Å². The predicted molar refractivity (Wildman–Crippen MR) is 64.4 cm³/mol. The number of carbonyl (C=O) groups excluding carboxylic acids is 1. The third-order valence-corrected chi connectivity index (χ3v) is 1.98. The van der Waals surface area contributed by atoms with Gasteiger partial charge in [-0.3, -0.25) is 0 Å². The molecule has 0 N–H and O–H groups in total. The van der Waals surface area contributed by atoms with Gasteiger partial charge in [0.15, 0.2) is 17.8 Å². The van der Waals surface area contributed by atoms with Crippen LogP contribution in [0, 0.1) is 0 Å². The Morgan fingerprint density at radius 2 is 2.00 bits per heavy atom. The van der Waals surface area contributed by atoms with Crippen LogP contribution < -0.4 is 14.2 Å². The normalized spacial score (nSPS) is 9.47. The molecule has 0 heterocycles. The summed E-state index contributed by atoms with van der Waals surface area (Å²) < 4.78 is 38.6. The molecule has 0 aliphatic carbocycles. The highest BCUT2D eigenvalue weighted by atomic mass is 19.3. The molecular weight excluding hydrogens is 258 g/mol. The molecule has 0 radical (unpaired) electrons. The number of halogens is 2. The van der Waals surface area contributed by atoms with Crippen molar-refractivity contribution in [3.63, 3.8) is 0 Å². The second kappa shape index (κ2) is 6.53. The summed E-state index contributed by atoms with van der Waals surface area (Å²) in [5.74, 6) is -0.384. The molecule has 6 heteroatoms. The maximum absolute atomic E-state index is 12.0. The van der Waals surface area contributed by atoms with E-state index in [4.69, 9.17) is 14.2 Å². The first kappa shape index (κ1) is 14.7. The fraction of sp³-hybridized carbons (Fsp3) is 0.154. The minimum atomic E-state index is -2.01. The first-order chi connectivity index (χ1) is 8.93. The van der Waals surface area contributed by atoms with Gasteiger partial charge in [-0.05, 0) is 19.1 Å². The zero-order chi connectivity index (χ0) is 14.4. The molecule has 0 fully saturated rings. The van der Waals surface area contributed by atoms with E-state index in [0.717, 1.165) is 0 Å². The zero-order valence-corrected chi connectivity index (χ0v) is 10.4. The monoisotopic (exact) mass is 270 g/mol. The maximum Gasteiger partial charge on any atom is 0.338 e. The van der Waals surface area contributed by atoms with Crippen molar-refractivity contribution in [3.8, 4) is 17.2 Å². The summed E-state index contributed by atoms with van der Waals surface area (Å²) in [5.41, 5.74) is 0.175. The van der Waals surface area contributed by atoms with Crippen molar-refractivity contribution in [1.82, 2.24) is 0 Å². The lowest BCUT2D eigenvalue weighted by Gasteiger charge is -2.10. The van der Waals surface area contributed by atoms with Crippen LogP contribution in [0.4, 0.5) is 8.78 Å². The van der Waals surface area contributed by atoms with E-state index in [2.05, 4.69) is 6.58 Å². The number of hydrogen-bond acceptors (Lipinski definition) is 4. The Labute approximate surface area is 108 Å². The number of methoxy groups -OCH3 is 1. The van der Waals surface area contributed by atoms with Gasteiger partial charge in [-0.25, -0.2) is 4.79 Å². The van der Waals surface area contributed by atoms with Gasteiger partial charge < -0.3 is 14.2 Å². The zero-order valence-electron chi connectivity index (χ0n) is 10.4. The Bertz CT molecular complexity index is 519. The number of benzene rings is 1. The third-order valence-electron chi connectivity index (χ3n) is 1.98. The molecular formula is C13H12F2O4. The van der Waals surface area contributed by atoms with Gasteiger partial charge in [0.1, 0.15) is 5.75 Å². The molecule has 102 valence electrons. The van der Waals surface area contributed by atoms with Gasteiger partial charge in [0.2, 0.25) is 0 Å². The largest absolute Gasteiger partial charge is 0.497 e. The van der Waals surface area contributed by atoms with Gasteiger partial charge in [0.05, 0.1) is 7.11 Å². The van der Waals surface area contributed by atoms with Crippen LogP contribution in [0.15, 0.2) is 42.7 Å². The van der Waals surface area contributed by atoms with Crippen LogP contribution in [-0.4, -0.2) is 13.1 Å². The lowest BCUT2D eigenvalue weighted by Crippen LogP contribution is -2.09. The first-order valence-electron chi connectivity index (χ1n) is 5.17. The molecule has 0 saturated carbocycles. The molecule has 1 aromatic rings. The molecule has 0 aliphatic rings. The molecule has 0 spiro atoms. The van der Waals surface area contributed by atoms with E-state index >= 15 is 0 Å². The van der Waals surface area contributed by atoms with Gasteiger partial charge in [-0.1, -0.05) is 6.58 Å². The SMILES string of the molecule is C=C(C)C(=O)Oc1ccc(OC)cc1OC=C(F)F. The minimum Gasteiger partial charge on any atom is -0.497 e. The molecule has 0 bridgehead atoms. The van der Waals surface area contributed by atoms with E-state index in [0.29, 0.717) is 5.75 Å². The Kier molecular flexibility index (Phi) is 5.05. The van der Waals surface area contributed by atoms with E-state index in [1.165, 1.54) is 32.2 Å². The lowest BCUT2D eigenvalue weighted by atomic mass is 10.3. The van der Waals surface area contributed by atoms with Crippen LogP contribution in [0.2, 0.25) is 0 Å². The molecule has 1 aromatic carbocycles. The van der Waals surface area contributed by atoms with Crippen LogP contribution in [0.1, 0.15) is 6.92 Å². The van der Waals surface area contributed by atoms with Crippen LogP contribution >= 0.6 is 0 Å². The Morgan fingerprint density at radius 1 is 1.32 bits per heavy atom. The highest BCUT2D eigenvalue weighted by Gasteiger charge is 2.12. The molecule has 1 rings (SSSR count). The Balaban J connectivity index is 3.04. The second-order valence-corrected chi connectivity index (χ2v) is 3.51. The summed E-state index contributed by atoms with van der Waals surface area (Å²) in [4.78, 5) is 11.4. The van der Waals surface area contributed by atoms with Crippen molar-refractivity contribution in [1.29, 1.82) is 0 Å². The summed E-state index contributed by atoms with van der Waals surface area (Å²) in [6, 6.07) is 4.20. The fourth-order valence-electron chi connectivity index (χ4n) is 1.09. The summed E-state index contributed by atoms with van der Waals surface area (Å²) in [5, 5.41) is 0. The molecule has 4 nitrogen and oxygen atoms in total. The smallest absolute Gasteiger partial charge is 0.338 e. The van der Waals surface area contributed by atoms with Gasteiger partial charge >= 0.3 is 12.0 Å². The van der Waals surface area contributed by atoms with Crippen LogP contribution in [0.25, 0.3) is 0 Å². The average molecular weight is 270 g/mol. The van der Waals surface area contributed by atoms with Crippen LogP contribution in [0.3, 0.4) is 0 Å². The first-order valence-corrected chi connectivity index (χ1v) is 5.17. The molecule has 0 atom stereocenters. The molecule has 19 heavy (non-hydrogen) atoms. The highest BCUT2D eigenvalue weighted by Crippen LogP contribution is 2.32. The predicted octanol–water partition coefficient (Wildman–Crippen LogP) is 3.29. The van der Waals surface area contributed by atoms with E-state index in [1.54, 1.807) is 0 Å². The minimum absolute atomic E-state index is 0.00806. The molecule has 0 aromatic heterocycles. The molecule has 0 amide bonds. The lowest BCUT2D eigenvalue weighted by molar-refractivity contribution is -0.130. The van der Waals surface area contributed by atoms with Crippen LogP contribution in [-0.2, 0) is 4.79 Å². The highest BCUT2D eigenvalue weighted by molar-refractivity contribution is 5.89. The van der Waals surface area contributed by atoms with E-state index < -0.39 is 12.0 Å². The molecule has 0 aliphatic heterocycles. The number of rotatable bonds is 5. The quantitative estimate of drug-likeness (QED) is 0.356. The van der Waals surface area contributed by atoms with Crippen molar-refractivity contribution in [2.45, 2.75) is 6.92 Å². The Morgan fingerprint density at radius 3 is 2.53 bits per heavy atom. The third kappa shape index (κ3) is 4.42. The topological polar surface area (TPSA) is 44.8 Å².